The number of carbonyl (C=O) groups is 2. The molecule has 7 nitrogen and oxygen atoms in total. The zero-order chi connectivity index (χ0) is 21.5. The van der Waals surface area contributed by atoms with E-state index in [-0.39, 0.29) is 29.7 Å². The van der Waals surface area contributed by atoms with Crippen LogP contribution >= 0.6 is 0 Å². The minimum Gasteiger partial charge on any atom is -0.451 e. The highest BCUT2D eigenvalue weighted by Crippen LogP contribution is 2.15. The van der Waals surface area contributed by atoms with E-state index in [1.807, 2.05) is 44.2 Å². The highest BCUT2D eigenvalue weighted by Gasteiger charge is 2.19. The van der Waals surface area contributed by atoms with E-state index in [1.54, 1.807) is 24.3 Å². The number of aromatic nitrogens is 2. The summed E-state index contributed by atoms with van der Waals surface area (Å²) < 4.78 is 6.44. The molecule has 1 atom stereocenters. The number of fused-ring (bicyclic) bond motifs is 1. The molecule has 0 radical (unpaired) electrons. The topological polar surface area (TPSA) is 90.3 Å². The molecule has 2 aromatic carbocycles. The lowest BCUT2D eigenvalue weighted by molar-refractivity contribution is -0.124. The normalized spacial score (nSPS) is 11.8. The molecular weight excluding hydrogens is 382 g/mol. The summed E-state index contributed by atoms with van der Waals surface area (Å²) in [5.74, 6) is -1.11. The lowest BCUT2D eigenvalue weighted by atomic mass is 10.1. The van der Waals surface area contributed by atoms with Crippen LogP contribution in [0.4, 0.5) is 0 Å². The van der Waals surface area contributed by atoms with E-state index in [2.05, 4.69) is 10.4 Å². The number of amides is 1. The molecule has 0 unspecified atom stereocenters. The maximum Gasteiger partial charge on any atom is 0.359 e. The molecule has 0 saturated heterocycles. The summed E-state index contributed by atoms with van der Waals surface area (Å²) >= 11 is 0. The van der Waals surface area contributed by atoms with Crippen LogP contribution in [-0.2, 0) is 16.1 Å². The van der Waals surface area contributed by atoms with Crippen molar-refractivity contribution in [3.63, 3.8) is 0 Å². The van der Waals surface area contributed by atoms with Crippen LogP contribution < -0.4 is 10.9 Å². The molecule has 30 heavy (non-hydrogen) atoms. The third-order valence-electron chi connectivity index (χ3n) is 4.70. The van der Waals surface area contributed by atoms with Crippen LogP contribution in [0, 0.1) is 0 Å². The van der Waals surface area contributed by atoms with Crippen LogP contribution in [0.5, 0.6) is 0 Å². The van der Waals surface area contributed by atoms with Crippen molar-refractivity contribution < 1.29 is 14.3 Å². The Labute approximate surface area is 174 Å². The van der Waals surface area contributed by atoms with Crippen molar-refractivity contribution in [2.75, 3.05) is 6.61 Å². The van der Waals surface area contributed by atoms with Gasteiger partial charge in [0.1, 0.15) is 0 Å². The van der Waals surface area contributed by atoms with E-state index in [4.69, 9.17) is 4.74 Å². The SMILES string of the molecule is CCC[C@H](C)NC(=O)COC(=O)c1nn(Cc2ccccc2)c(=O)c2ccccc12. The van der Waals surface area contributed by atoms with E-state index >= 15 is 0 Å². The summed E-state index contributed by atoms with van der Waals surface area (Å²) in [6.07, 6.45) is 1.79. The van der Waals surface area contributed by atoms with E-state index in [1.165, 1.54) is 4.68 Å². The molecule has 3 aromatic rings. The van der Waals surface area contributed by atoms with Crippen molar-refractivity contribution in [2.24, 2.45) is 0 Å². The van der Waals surface area contributed by atoms with Crippen molar-refractivity contribution in [3.8, 4) is 0 Å². The summed E-state index contributed by atoms with van der Waals surface area (Å²) in [6, 6.07) is 16.1. The van der Waals surface area contributed by atoms with Crippen molar-refractivity contribution >= 4 is 22.6 Å². The Morgan fingerprint density at radius 2 is 1.73 bits per heavy atom. The van der Waals surface area contributed by atoms with Gasteiger partial charge < -0.3 is 10.1 Å². The quantitative estimate of drug-likeness (QED) is 0.580. The third kappa shape index (κ3) is 5.11. The van der Waals surface area contributed by atoms with Crippen LogP contribution in [-0.4, -0.2) is 34.3 Å². The molecule has 0 saturated carbocycles. The van der Waals surface area contributed by atoms with Gasteiger partial charge in [-0.2, -0.15) is 5.10 Å². The van der Waals surface area contributed by atoms with Gasteiger partial charge >= 0.3 is 5.97 Å². The van der Waals surface area contributed by atoms with E-state index in [9.17, 15) is 14.4 Å². The molecule has 3 rings (SSSR count). The number of hydrogen-bond donors (Lipinski definition) is 1. The minimum absolute atomic E-state index is 0.00735. The Kier molecular flexibility index (Phi) is 6.95. The maximum atomic E-state index is 12.8. The smallest absolute Gasteiger partial charge is 0.359 e. The van der Waals surface area contributed by atoms with Gasteiger partial charge in [0.2, 0.25) is 0 Å². The van der Waals surface area contributed by atoms with Gasteiger partial charge in [-0.1, -0.05) is 61.9 Å². The van der Waals surface area contributed by atoms with Gasteiger partial charge in [-0.15, -0.1) is 0 Å². The molecular formula is C23H25N3O4. The molecule has 0 aliphatic carbocycles. The van der Waals surface area contributed by atoms with Gasteiger partial charge in [-0.25, -0.2) is 9.48 Å². The van der Waals surface area contributed by atoms with E-state index in [0.29, 0.717) is 10.8 Å². The van der Waals surface area contributed by atoms with Crippen LogP contribution in [0.3, 0.4) is 0 Å². The largest absolute Gasteiger partial charge is 0.451 e. The summed E-state index contributed by atoms with van der Waals surface area (Å²) in [6.45, 7) is 3.75. The number of benzene rings is 2. The van der Waals surface area contributed by atoms with Gasteiger partial charge in [0, 0.05) is 11.4 Å². The Balaban J connectivity index is 1.85. The summed E-state index contributed by atoms with van der Waals surface area (Å²) in [5.41, 5.74) is 0.596. The number of rotatable bonds is 8. The van der Waals surface area contributed by atoms with Gasteiger partial charge in [0.15, 0.2) is 12.3 Å². The summed E-state index contributed by atoms with van der Waals surface area (Å²) in [5, 5.41) is 7.82. The number of carbonyl (C=O) groups excluding carboxylic acids is 2. The molecule has 0 aliphatic rings. The van der Waals surface area contributed by atoms with Gasteiger partial charge in [-0.3, -0.25) is 9.59 Å². The first-order valence-corrected chi connectivity index (χ1v) is 10.00. The Bertz CT molecular complexity index is 1090. The molecule has 0 bridgehead atoms. The van der Waals surface area contributed by atoms with Crippen LogP contribution in [0.15, 0.2) is 59.4 Å². The minimum atomic E-state index is -0.744. The fourth-order valence-electron chi connectivity index (χ4n) is 3.27. The van der Waals surface area contributed by atoms with Crippen LogP contribution in [0.1, 0.15) is 42.7 Å². The van der Waals surface area contributed by atoms with Gasteiger partial charge in [0.25, 0.3) is 11.5 Å². The number of hydrogen-bond acceptors (Lipinski definition) is 5. The summed E-state index contributed by atoms with van der Waals surface area (Å²) in [4.78, 5) is 37.6. The number of nitrogens with one attached hydrogen (secondary N) is 1. The molecule has 1 N–H and O–H groups in total. The van der Waals surface area contributed by atoms with Crippen molar-refractivity contribution in [1.82, 2.24) is 15.1 Å². The molecule has 1 heterocycles. The Morgan fingerprint density at radius 3 is 2.43 bits per heavy atom. The maximum absolute atomic E-state index is 12.8. The van der Waals surface area contributed by atoms with E-state index in [0.717, 1.165) is 18.4 Å². The highest BCUT2D eigenvalue weighted by molar-refractivity contribution is 6.02. The van der Waals surface area contributed by atoms with Gasteiger partial charge in [0.05, 0.1) is 11.9 Å². The average Bonchev–Trinajstić information content (AvgIpc) is 2.75. The predicted molar refractivity (Wildman–Crippen MR) is 114 cm³/mol. The zero-order valence-electron chi connectivity index (χ0n) is 17.1. The molecule has 7 heteroatoms. The lowest BCUT2D eigenvalue weighted by Gasteiger charge is -2.13. The molecule has 0 fully saturated rings. The van der Waals surface area contributed by atoms with Gasteiger partial charge in [-0.05, 0) is 25.0 Å². The monoisotopic (exact) mass is 407 g/mol. The van der Waals surface area contributed by atoms with Crippen LogP contribution in [0.25, 0.3) is 10.8 Å². The highest BCUT2D eigenvalue weighted by atomic mass is 16.5. The fraction of sp³-hybridized carbons (Fsp3) is 0.304. The second-order valence-corrected chi connectivity index (χ2v) is 7.18. The molecule has 1 amide bonds. The lowest BCUT2D eigenvalue weighted by Crippen LogP contribution is -2.36. The number of esters is 1. The second-order valence-electron chi connectivity index (χ2n) is 7.18. The first kappa shape index (κ1) is 21.2. The standard InChI is InChI=1S/C23H25N3O4/c1-3-9-16(2)24-20(27)15-30-23(29)21-18-12-7-8-13-19(18)22(28)26(25-21)14-17-10-5-4-6-11-17/h4-8,10-13,16H,3,9,14-15H2,1-2H3,(H,24,27)/t16-/m0/s1. The Morgan fingerprint density at radius 1 is 1.07 bits per heavy atom. The molecule has 0 spiro atoms. The average molecular weight is 407 g/mol. The Hall–Kier alpha value is -3.48. The first-order valence-electron chi connectivity index (χ1n) is 10.00. The zero-order valence-corrected chi connectivity index (χ0v) is 17.1. The predicted octanol–water partition coefficient (Wildman–Crippen LogP) is 2.91. The molecule has 156 valence electrons. The van der Waals surface area contributed by atoms with Crippen molar-refractivity contribution in [2.45, 2.75) is 39.3 Å². The summed E-state index contributed by atoms with van der Waals surface area (Å²) in [7, 11) is 0. The van der Waals surface area contributed by atoms with Crippen molar-refractivity contribution in [1.29, 1.82) is 0 Å². The second kappa shape index (κ2) is 9.82. The molecule has 0 aliphatic heterocycles. The molecule has 1 aromatic heterocycles. The van der Waals surface area contributed by atoms with Crippen LogP contribution in [0.2, 0.25) is 0 Å². The third-order valence-corrected chi connectivity index (χ3v) is 4.70. The number of nitrogens with zero attached hydrogens (tertiary/aromatic N) is 2. The fourth-order valence-corrected chi connectivity index (χ4v) is 3.27. The number of ether oxygens (including phenoxy) is 1. The van der Waals surface area contributed by atoms with Crippen molar-refractivity contribution in [3.05, 3.63) is 76.2 Å². The van der Waals surface area contributed by atoms with E-state index < -0.39 is 12.6 Å². The first-order chi connectivity index (χ1) is 14.5.